The molecule has 1 amide bonds. The van der Waals surface area contributed by atoms with Crippen molar-refractivity contribution in [2.75, 3.05) is 18.8 Å². The fourth-order valence-electron chi connectivity index (χ4n) is 2.87. The summed E-state index contributed by atoms with van der Waals surface area (Å²) in [5.41, 5.74) is 1.72. The van der Waals surface area contributed by atoms with Crippen LogP contribution >= 0.6 is 23.1 Å². The number of benzene rings is 2. The van der Waals surface area contributed by atoms with Gasteiger partial charge in [0.1, 0.15) is 5.82 Å². The smallest absolute Gasteiger partial charge is 0.252 e. The molecule has 0 saturated carbocycles. The molecule has 1 aliphatic rings. The van der Waals surface area contributed by atoms with E-state index in [9.17, 15) is 9.18 Å². The molecule has 0 atom stereocenters. The number of carbonyl (C=O) groups excluding carboxylic acids is 1. The minimum atomic E-state index is -0.319. The van der Waals surface area contributed by atoms with Crippen LogP contribution in [0.3, 0.4) is 0 Å². The van der Waals surface area contributed by atoms with Crippen molar-refractivity contribution in [1.29, 1.82) is 0 Å². The Morgan fingerprint density at radius 1 is 1.26 bits per heavy atom. The Labute approximate surface area is 163 Å². The van der Waals surface area contributed by atoms with Crippen molar-refractivity contribution in [1.82, 2.24) is 4.57 Å². The molecule has 0 spiro atoms. The van der Waals surface area contributed by atoms with Gasteiger partial charge in [0.05, 0.1) is 16.6 Å². The van der Waals surface area contributed by atoms with Gasteiger partial charge >= 0.3 is 0 Å². The topological polar surface area (TPSA) is 52.8 Å². The van der Waals surface area contributed by atoms with Gasteiger partial charge in [-0.05, 0) is 24.0 Å². The molecule has 1 aliphatic heterocycles. The lowest BCUT2D eigenvalue weighted by molar-refractivity contribution is -0.117. The first-order valence-corrected chi connectivity index (χ1v) is 10.6. The highest BCUT2D eigenvalue weighted by molar-refractivity contribution is 7.98. The van der Waals surface area contributed by atoms with Gasteiger partial charge in [-0.15, -0.1) is 0 Å². The minimum Gasteiger partial charge on any atom is -0.454 e. The number of aryl methyl sites for hydroxylation is 1. The van der Waals surface area contributed by atoms with Crippen LogP contribution in [-0.4, -0.2) is 29.3 Å². The third-order valence-electron chi connectivity index (χ3n) is 4.19. The lowest BCUT2D eigenvalue weighted by Crippen LogP contribution is -2.18. The number of fused-ring (bicyclic) bond motifs is 2. The van der Waals surface area contributed by atoms with Gasteiger partial charge in [-0.1, -0.05) is 23.5 Å². The zero-order chi connectivity index (χ0) is 18.8. The van der Waals surface area contributed by atoms with E-state index in [1.807, 2.05) is 23.0 Å². The third-order valence-corrected chi connectivity index (χ3v) is 5.82. The van der Waals surface area contributed by atoms with Crippen LogP contribution in [0.25, 0.3) is 10.2 Å². The van der Waals surface area contributed by atoms with Crippen LogP contribution in [0.4, 0.5) is 4.39 Å². The van der Waals surface area contributed by atoms with E-state index >= 15 is 0 Å². The molecule has 1 aromatic heterocycles. The Kier molecular flexibility index (Phi) is 5.18. The van der Waals surface area contributed by atoms with Crippen molar-refractivity contribution < 1.29 is 18.7 Å². The van der Waals surface area contributed by atoms with Crippen molar-refractivity contribution >= 4 is 39.2 Å². The van der Waals surface area contributed by atoms with Crippen LogP contribution < -0.4 is 14.3 Å². The Bertz CT molecular complexity index is 1060. The van der Waals surface area contributed by atoms with Crippen LogP contribution in [0, 0.1) is 5.82 Å². The van der Waals surface area contributed by atoms with Crippen molar-refractivity contribution in [2.45, 2.75) is 13.0 Å². The quantitative estimate of drug-likeness (QED) is 0.652. The first-order chi connectivity index (χ1) is 13.1. The predicted molar refractivity (Wildman–Crippen MR) is 105 cm³/mol. The zero-order valence-electron chi connectivity index (χ0n) is 14.6. The molecule has 27 heavy (non-hydrogen) atoms. The molecular formula is C19H17FN2O3S2. The molecule has 0 radical (unpaired) electrons. The molecule has 2 heterocycles. The molecule has 0 unspecified atom stereocenters. The van der Waals surface area contributed by atoms with Gasteiger partial charge in [-0.25, -0.2) is 4.39 Å². The average Bonchev–Trinajstić information content (AvgIpc) is 3.23. The highest BCUT2D eigenvalue weighted by Crippen LogP contribution is 2.37. The first kappa shape index (κ1) is 18.1. The minimum absolute atomic E-state index is 0.139. The Hall–Kier alpha value is -2.32. The van der Waals surface area contributed by atoms with Gasteiger partial charge in [0.2, 0.25) is 6.79 Å². The van der Waals surface area contributed by atoms with Crippen molar-refractivity contribution in [3.8, 4) is 11.5 Å². The van der Waals surface area contributed by atoms with Crippen molar-refractivity contribution in [3.63, 3.8) is 0 Å². The maximum Gasteiger partial charge on any atom is 0.252 e. The van der Waals surface area contributed by atoms with Crippen LogP contribution in [0.1, 0.15) is 5.56 Å². The van der Waals surface area contributed by atoms with E-state index in [2.05, 4.69) is 4.99 Å². The van der Waals surface area contributed by atoms with E-state index in [1.165, 1.54) is 23.5 Å². The van der Waals surface area contributed by atoms with E-state index in [0.717, 1.165) is 28.1 Å². The number of carbonyl (C=O) groups is 1. The number of hydrogen-bond donors (Lipinski definition) is 0. The molecule has 2 aromatic carbocycles. The summed E-state index contributed by atoms with van der Waals surface area (Å²) in [5, 5.41) is 0. The van der Waals surface area contributed by atoms with Crippen molar-refractivity contribution in [3.05, 3.63) is 52.6 Å². The van der Waals surface area contributed by atoms with E-state index in [4.69, 9.17) is 9.47 Å². The summed E-state index contributed by atoms with van der Waals surface area (Å²) >= 11 is 3.18. The summed E-state index contributed by atoms with van der Waals surface area (Å²) in [6, 6.07) is 9.78. The van der Waals surface area contributed by atoms with Crippen LogP contribution in [-0.2, 0) is 17.8 Å². The summed E-state index contributed by atoms with van der Waals surface area (Å²) in [4.78, 5) is 17.4. The van der Waals surface area contributed by atoms with Gasteiger partial charge in [0.25, 0.3) is 5.91 Å². The Morgan fingerprint density at radius 3 is 2.74 bits per heavy atom. The third kappa shape index (κ3) is 3.86. The second kappa shape index (κ2) is 7.74. The van der Waals surface area contributed by atoms with Gasteiger partial charge in [-0.3, -0.25) is 4.79 Å². The molecule has 0 aliphatic carbocycles. The molecule has 4 rings (SSSR count). The molecule has 0 saturated heterocycles. The monoisotopic (exact) mass is 404 g/mol. The van der Waals surface area contributed by atoms with E-state index in [-0.39, 0.29) is 24.9 Å². The fraction of sp³-hybridized carbons (Fsp3) is 0.263. The molecule has 0 N–H and O–H groups in total. The maximum atomic E-state index is 13.0. The van der Waals surface area contributed by atoms with Gasteiger partial charge in [-0.2, -0.15) is 16.8 Å². The number of amides is 1. The van der Waals surface area contributed by atoms with Crippen LogP contribution in [0.2, 0.25) is 0 Å². The van der Waals surface area contributed by atoms with Crippen LogP contribution in [0.5, 0.6) is 11.5 Å². The van der Waals surface area contributed by atoms with E-state index < -0.39 is 0 Å². The Balaban J connectivity index is 1.71. The molecule has 0 fully saturated rings. The molecule has 140 valence electrons. The summed E-state index contributed by atoms with van der Waals surface area (Å²) in [6.07, 6.45) is 2.18. The van der Waals surface area contributed by atoms with Crippen molar-refractivity contribution in [2.24, 2.45) is 4.99 Å². The normalized spacial score (nSPS) is 13.5. The molecular weight excluding hydrogens is 387 g/mol. The largest absolute Gasteiger partial charge is 0.454 e. The number of thiazole rings is 1. The van der Waals surface area contributed by atoms with E-state index in [1.54, 1.807) is 23.9 Å². The summed E-state index contributed by atoms with van der Waals surface area (Å²) < 4.78 is 27.0. The zero-order valence-corrected chi connectivity index (χ0v) is 16.2. The van der Waals surface area contributed by atoms with Crippen LogP contribution in [0.15, 0.2) is 41.4 Å². The molecule has 3 aromatic rings. The summed E-state index contributed by atoms with van der Waals surface area (Å²) in [7, 11) is 0. The number of halogens is 1. The summed E-state index contributed by atoms with van der Waals surface area (Å²) in [6.45, 7) is 0.967. The molecule has 5 nitrogen and oxygen atoms in total. The van der Waals surface area contributed by atoms with Gasteiger partial charge in [0, 0.05) is 24.4 Å². The number of aromatic nitrogens is 1. The lowest BCUT2D eigenvalue weighted by Gasteiger charge is -2.04. The van der Waals surface area contributed by atoms with Gasteiger partial charge in [0.15, 0.2) is 16.3 Å². The maximum absolute atomic E-state index is 13.0. The number of hydrogen-bond acceptors (Lipinski definition) is 5. The standard InChI is InChI=1S/C19H17FN2O3S2/c1-26-7-6-22-14-9-15-16(25-11-24-15)10-17(14)27-19(22)21-18(23)8-12-2-4-13(20)5-3-12/h2-5,9-10H,6-8,11H2,1H3. The Morgan fingerprint density at radius 2 is 2.00 bits per heavy atom. The first-order valence-electron chi connectivity index (χ1n) is 8.38. The predicted octanol–water partition coefficient (Wildman–Crippen LogP) is 3.60. The number of ether oxygens (including phenoxy) is 2. The average molecular weight is 404 g/mol. The molecule has 0 bridgehead atoms. The highest BCUT2D eigenvalue weighted by Gasteiger charge is 2.18. The fourth-order valence-corrected chi connectivity index (χ4v) is 4.32. The van der Waals surface area contributed by atoms with E-state index in [0.29, 0.717) is 16.3 Å². The lowest BCUT2D eigenvalue weighted by atomic mass is 10.1. The number of thioether (sulfide) groups is 1. The molecule has 8 heteroatoms. The number of nitrogens with zero attached hydrogens (tertiary/aromatic N) is 2. The second-order valence-corrected chi connectivity index (χ2v) is 8.01. The van der Waals surface area contributed by atoms with Gasteiger partial charge < -0.3 is 14.0 Å². The summed E-state index contributed by atoms with van der Waals surface area (Å²) in [5.74, 6) is 1.75. The highest BCUT2D eigenvalue weighted by atomic mass is 32.2. The number of rotatable bonds is 5. The second-order valence-electron chi connectivity index (χ2n) is 6.01. The SMILES string of the molecule is CSCCn1c(=NC(=O)Cc2ccc(F)cc2)sc2cc3c(cc21)OCO3.